The van der Waals surface area contributed by atoms with Crippen LogP contribution in [0.5, 0.6) is 0 Å². The highest BCUT2D eigenvalue weighted by Crippen LogP contribution is 2.30. The van der Waals surface area contributed by atoms with Crippen LogP contribution in [-0.2, 0) is 29.4 Å². The molecule has 0 saturated carbocycles. The molecule has 1 aromatic heterocycles. The third-order valence-electron chi connectivity index (χ3n) is 4.52. The Hall–Kier alpha value is -2.64. The van der Waals surface area contributed by atoms with Gasteiger partial charge in [-0.15, -0.1) is 0 Å². The van der Waals surface area contributed by atoms with Gasteiger partial charge >= 0.3 is 0 Å². The number of hydrogen-bond acceptors (Lipinski definition) is 4. The predicted octanol–water partition coefficient (Wildman–Crippen LogP) is 2.19. The molecule has 1 aliphatic rings. The lowest BCUT2D eigenvalue weighted by molar-refractivity contribution is 0.187. The van der Waals surface area contributed by atoms with Crippen LogP contribution in [0.25, 0.3) is 0 Å². The fourth-order valence-electron chi connectivity index (χ4n) is 3.27. The first-order valence-corrected chi connectivity index (χ1v) is 9.87. The lowest BCUT2D eigenvalue weighted by atomic mass is 10.1. The van der Waals surface area contributed by atoms with Crippen LogP contribution < -0.4 is 4.72 Å². The summed E-state index contributed by atoms with van der Waals surface area (Å²) < 4.78 is 29.7. The summed E-state index contributed by atoms with van der Waals surface area (Å²) in [6.07, 6.45) is 3.43. The maximum atomic E-state index is 12.7. The van der Waals surface area contributed by atoms with Crippen LogP contribution in [0.3, 0.4) is 0 Å². The van der Waals surface area contributed by atoms with Gasteiger partial charge in [0, 0.05) is 12.6 Å². The molecule has 26 heavy (non-hydrogen) atoms. The molecule has 0 radical (unpaired) electrons. The molecule has 2 N–H and O–H groups in total. The summed E-state index contributed by atoms with van der Waals surface area (Å²) in [6.45, 7) is 0.503. The van der Waals surface area contributed by atoms with Crippen molar-refractivity contribution in [2.45, 2.75) is 30.4 Å². The van der Waals surface area contributed by atoms with Crippen molar-refractivity contribution < 1.29 is 13.5 Å². The van der Waals surface area contributed by atoms with E-state index in [9.17, 15) is 13.5 Å². The first-order chi connectivity index (χ1) is 12.5. The number of benzene rings is 2. The molecule has 1 unspecified atom stereocenters. The first kappa shape index (κ1) is 16.8. The molecule has 0 spiro atoms. The summed E-state index contributed by atoms with van der Waals surface area (Å²) in [6, 6.07) is 15.2. The van der Waals surface area contributed by atoms with Crippen LogP contribution in [0.15, 0.2) is 65.8 Å². The molecule has 1 aliphatic carbocycles. The van der Waals surface area contributed by atoms with Crippen molar-refractivity contribution in [3.05, 3.63) is 77.6 Å². The maximum Gasteiger partial charge on any atom is 0.265 e. The van der Waals surface area contributed by atoms with E-state index in [1.165, 1.54) is 12.4 Å². The zero-order valence-electron chi connectivity index (χ0n) is 14.0. The fourth-order valence-corrected chi connectivity index (χ4v) is 4.31. The lowest BCUT2D eigenvalue weighted by Gasteiger charge is -2.11. The summed E-state index contributed by atoms with van der Waals surface area (Å²) in [5.74, 6) is 0. The minimum Gasteiger partial charge on any atom is -0.392 e. The summed E-state index contributed by atoms with van der Waals surface area (Å²) in [5, 5.41) is 14.0. The third-order valence-corrected chi connectivity index (χ3v) is 5.84. The van der Waals surface area contributed by atoms with Crippen molar-refractivity contribution in [1.29, 1.82) is 0 Å². The van der Waals surface area contributed by atoms with Crippen molar-refractivity contribution in [3.63, 3.8) is 0 Å². The van der Waals surface area contributed by atoms with Crippen molar-refractivity contribution in [2.24, 2.45) is 0 Å². The van der Waals surface area contributed by atoms with Gasteiger partial charge in [-0.05, 0) is 29.2 Å². The van der Waals surface area contributed by atoms with E-state index in [1.807, 2.05) is 36.4 Å². The number of rotatable bonds is 5. The van der Waals surface area contributed by atoms with Crippen LogP contribution in [0, 0.1) is 0 Å². The van der Waals surface area contributed by atoms with Crippen LogP contribution >= 0.6 is 0 Å². The monoisotopic (exact) mass is 369 g/mol. The zero-order chi connectivity index (χ0) is 18.1. The van der Waals surface area contributed by atoms with E-state index in [1.54, 1.807) is 16.8 Å². The van der Waals surface area contributed by atoms with E-state index in [4.69, 9.17) is 0 Å². The van der Waals surface area contributed by atoms with Crippen molar-refractivity contribution in [1.82, 2.24) is 9.78 Å². The highest BCUT2D eigenvalue weighted by Gasteiger charge is 2.25. The molecular formula is C19H19N3O3S. The molecule has 6 nitrogen and oxygen atoms in total. The number of aliphatic hydroxyl groups is 1. The molecule has 1 atom stereocenters. The number of hydrogen-bond donors (Lipinski definition) is 2. The maximum absolute atomic E-state index is 12.7. The predicted molar refractivity (Wildman–Crippen MR) is 98.4 cm³/mol. The Labute approximate surface area is 152 Å². The number of nitrogens with zero attached hydrogens (tertiary/aromatic N) is 2. The van der Waals surface area contributed by atoms with Crippen molar-refractivity contribution in [3.8, 4) is 0 Å². The number of nitrogens with one attached hydrogen (secondary N) is 1. The van der Waals surface area contributed by atoms with Gasteiger partial charge < -0.3 is 5.11 Å². The molecule has 0 saturated heterocycles. The summed E-state index contributed by atoms with van der Waals surface area (Å²) in [4.78, 5) is 0.115. The van der Waals surface area contributed by atoms with E-state index in [2.05, 4.69) is 9.82 Å². The second-order valence-corrected chi connectivity index (χ2v) is 8.15. The number of sulfonamides is 1. The highest BCUT2D eigenvalue weighted by atomic mass is 32.2. The number of fused-ring (bicyclic) bond motifs is 1. The Bertz CT molecular complexity index is 1030. The third kappa shape index (κ3) is 3.36. The quantitative estimate of drug-likeness (QED) is 0.722. The minimum absolute atomic E-state index is 0.115. The molecule has 0 amide bonds. The van der Waals surface area contributed by atoms with Crippen LogP contribution in [-0.4, -0.2) is 29.4 Å². The van der Waals surface area contributed by atoms with E-state index >= 15 is 0 Å². The summed E-state index contributed by atoms with van der Waals surface area (Å²) >= 11 is 0. The Morgan fingerprint density at radius 3 is 2.73 bits per heavy atom. The molecule has 3 aromatic rings. The Morgan fingerprint density at radius 1 is 1.12 bits per heavy atom. The highest BCUT2D eigenvalue weighted by molar-refractivity contribution is 7.92. The first-order valence-electron chi connectivity index (χ1n) is 8.39. The van der Waals surface area contributed by atoms with Crippen LogP contribution in [0.2, 0.25) is 0 Å². The fraction of sp³-hybridized carbons (Fsp3) is 0.211. The van der Waals surface area contributed by atoms with Gasteiger partial charge in [-0.2, -0.15) is 5.10 Å². The number of anilines is 1. The zero-order valence-corrected chi connectivity index (χ0v) is 14.9. The van der Waals surface area contributed by atoms with Gasteiger partial charge in [-0.3, -0.25) is 9.40 Å². The van der Waals surface area contributed by atoms with Crippen LogP contribution in [0.4, 0.5) is 5.69 Å². The molecule has 2 aromatic carbocycles. The Morgan fingerprint density at radius 2 is 1.92 bits per heavy atom. The minimum atomic E-state index is -3.74. The van der Waals surface area contributed by atoms with E-state index in [-0.39, 0.29) is 4.90 Å². The smallest absolute Gasteiger partial charge is 0.265 e. The van der Waals surface area contributed by atoms with Gasteiger partial charge in [0.1, 0.15) is 4.90 Å². The second-order valence-electron chi connectivity index (χ2n) is 6.47. The molecule has 134 valence electrons. The second kappa shape index (κ2) is 6.59. The van der Waals surface area contributed by atoms with Gasteiger partial charge in [-0.1, -0.05) is 42.5 Å². The van der Waals surface area contributed by atoms with Gasteiger partial charge in [0.05, 0.1) is 24.5 Å². The van der Waals surface area contributed by atoms with E-state index in [0.29, 0.717) is 25.1 Å². The molecule has 4 rings (SSSR count). The molecule has 0 fully saturated rings. The standard InChI is InChI=1S/C19H19N3O3S/c23-16-9-15-7-4-8-19(18(15)10-16)21-26(24,25)17-11-20-22(13-17)12-14-5-2-1-3-6-14/h1-8,11,13,16,21,23H,9-10,12H2. The number of aliphatic hydroxyl groups excluding tert-OH is 1. The molecular weight excluding hydrogens is 350 g/mol. The Balaban J connectivity index is 1.56. The van der Waals surface area contributed by atoms with Gasteiger partial charge in [0.15, 0.2) is 0 Å². The van der Waals surface area contributed by atoms with Crippen molar-refractivity contribution in [2.75, 3.05) is 4.72 Å². The van der Waals surface area contributed by atoms with Gasteiger partial charge in [0.2, 0.25) is 0 Å². The average Bonchev–Trinajstić information content (AvgIpc) is 3.22. The molecule has 0 aliphatic heterocycles. The Kier molecular flexibility index (Phi) is 4.26. The molecule has 7 heteroatoms. The number of aromatic nitrogens is 2. The molecule has 1 heterocycles. The molecule has 0 bridgehead atoms. The van der Waals surface area contributed by atoms with E-state index in [0.717, 1.165) is 16.7 Å². The van der Waals surface area contributed by atoms with Gasteiger partial charge in [0.25, 0.3) is 10.0 Å². The topological polar surface area (TPSA) is 84.2 Å². The lowest BCUT2D eigenvalue weighted by Crippen LogP contribution is -2.14. The van der Waals surface area contributed by atoms with E-state index < -0.39 is 16.1 Å². The van der Waals surface area contributed by atoms with Crippen molar-refractivity contribution >= 4 is 15.7 Å². The SMILES string of the molecule is O=S(=O)(Nc1cccc2c1CC(O)C2)c1cnn(Cc2ccccc2)c1. The summed E-state index contributed by atoms with van der Waals surface area (Å²) in [7, 11) is -3.74. The average molecular weight is 369 g/mol. The van der Waals surface area contributed by atoms with Crippen LogP contribution in [0.1, 0.15) is 16.7 Å². The largest absolute Gasteiger partial charge is 0.392 e. The summed E-state index contributed by atoms with van der Waals surface area (Å²) in [5.41, 5.74) is 3.41. The van der Waals surface area contributed by atoms with Gasteiger partial charge in [-0.25, -0.2) is 8.42 Å². The normalized spacial score (nSPS) is 16.4.